The second kappa shape index (κ2) is 13.0. The maximum absolute atomic E-state index is 14.2. The van der Waals surface area contributed by atoms with Crippen molar-refractivity contribution in [2.75, 3.05) is 26.6 Å². The molecule has 0 unspecified atom stereocenters. The average Bonchev–Trinajstić information content (AvgIpc) is 3.47. The normalized spacial score (nSPS) is 11.9. The fourth-order valence-corrected chi connectivity index (χ4v) is 5.40. The van der Waals surface area contributed by atoms with E-state index < -0.39 is 11.9 Å². The lowest BCUT2D eigenvalue weighted by molar-refractivity contribution is 0.0507. The summed E-state index contributed by atoms with van der Waals surface area (Å²) >= 11 is 0. The lowest BCUT2D eigenvalue weighted by Crippen LogP contribution is -2.26. The van der Waals surface area contributed by atoms with Gasteiger partial charge in [0, 0.05) is 23.9 Å². The van der Waals surface area contributed by atoms with Crippen molar-refractivity contribution >= 4 is 22.8 Å². The minimum absolute atomic E-state index is 0.0940. The molecule has 0 N–H and O–H groups in total. The molecule has 9 nitrogen and oxygen atoms in total. The van der Waals surface area contributed by atoms with Gasteiger partial charge in [0.2, 0.25) is 6.79 Å². The van der Waals surface area contributed by atoms with Gasteiger partial charge in [0.05, 0.1) is 30.9 Å². The molecule has 0 saturated carbocycles. The molecule has 1 aromatic heterocycles. The van der Waals surface area contributed by atoms with Crippen molar-refractivity contribution in [1.82, 2.24) is 4.57 Å². The summed E-state index contributed by atoms with van der Waals surface area (Å²) in [6.07, 6.45) is 0.817. The summed E-state index contributed by atoms with van der Waals surface area (Å²) in [5, 5.41) is 0.411. The number of carbonyl (C=O) groups excluding carboxylic acids is 2. The SMILES string of the molecule is CCOC(=O)c1cccc(Cc2c(C(=O)OCC)n(Cc3cc4c(cc3CC)OCO4)c3ccc(OCC)cc3c2=O)c1. The molecule has 2 heterocycles. The molecule has 4 aromatic rings. The molecule has 0 aliphatic carbocycles. The second-order valence-electron chi connectivity index (χ2n) is 10.0. The Kier molecular flexibility index (Phi) is 8.99. The summed E-state index contributed by atoms with van der Waals surface area (Å²) in [5.41, 5.74) is 3.68. The fraction of sp³-hybridized carbons (Fsp3) is 0.324. The Balaban J connectivity index is 1.75. The summed E-state index contributed by atoms with van der Waals surface area (Å²) < 4.78 is 29.5. The van der Waals surface area contributed by atoms with Gasteiger partial charge in [0.15, 0.2) is 16.9 Å². The molecule has 43 heavy (non-hydrogen) atoms. The Morgan fingerprint density at radius 1 is 0.837 bits per heavy atom. The molecule has 0 radical (unpaired) electrons. The summed E-state index contributed by atoms with van der Waals surface area (Å²) in [5.74, 6) is 0.798. The Bertz CT molecular complexity index is 1740. The van der Waals surface area contributed by atoms with Crippen LogP contribution in [-0.2, 0) is 28.9 Å². The number of fused-ring (bicyclic) bond motifs is 2. The molecule has 9 heteroatoms. The van der Waals surface area contributed by atoms with Gasteiger partial charge < -0.3 is 28.3 Å². The van der Waals surface area contributed by atoms with E-state index in [1.54, 1.807) is 50.2 Å². The van der Waals surface area contributed by atoms with Gasteiger partial charge in [0.25, 0.3) is 0 Å². The van der Waals surface area contributed by atoms with E-state index in [0.29, 0.717) is 45.9 Å². The lowest BCUT2D eigenvalue weighted by atomic mass is 9.97. The first kappa shape index (κ1) is 29.7. The standard InChI is InChI=1S/C34H35NO8/c1-5-22-16-29-30(43-20-42-29)17-24(22)19-35-28-13-12-25(39-6-2)18-26(28)32(36)27(31(35)34(38)41-8-4)15-21-10-9-11-23(14-21)33(37)40-7-3/h9-14,16-18H,5-8,15,19-20H2,1-4H3. The van der Waals surface area contributed by atoms with E-state index >= 15 is 0 Å². The Morgan fingerprint density at radius 3 is 2.26 bits per heavy atom. The van der Waals surface area contributed by atoms with Crippen LogP contribution in [0.4, 0.5) is 0 Å². The van der Waals surface area contributed by atoms with Gasteiger partial charge in [-0.1, -0.05) is 19.1 Å². The predicted octanol–water partition coefficient (Wildman–Crippen LogP) is 5.68. The van der Waals surface area contributed by atoms with Crippen LogP contribution in [0.15, 0.2) is 59.4 Å². The highest BCUT2D eigenvalue weighted by Crippen LogP contribution is 2.36. The van der Waals surface area contributed by atoms with E-state index in [2.05, 4.69) is 0 Å². The number of nitrogens with zero attached hydrogens (tertiary/aromatic N) is 1. The van der Waals surface area contributed by atoms with Crippen molar-refractivity contribution < 1.29 is 33.3 Å². The van der Waals surface area contributed by atoms with E-state index in [0.717, 1.165) is 17.5 Å². The number of ether oxygens (including phenoxy) is 5. The zero-order chi connectivity index (χ0) is 30.5. The van der Waals surface area contributed by atoms with Crippen LogP contribution in [0.2, 0.25) is 0 Å². The number of esters is 2. The second-order valence-corrected chi connectivity index (χ2v) is 10.0. The number of aromatic nitrogens is 1. The Labute approximate surface area is 249 Å². The number of benzene rings is 3. The van der Waals surface area contributed by atoms with Crippen LogP contribution in [0.3, 0.4) is 0 Å². The molecule has 0 fully saturated rings. The van der Waals surface area contributed by atoms with E-state index in [9.17, 15) is 14.4 Å². The van der Waals surface area contributed by atoms with Gasteiger partial charge in [-0.15, -0.1) is 0 Å². The maximum Gasteiger partial charge on any atom is 0.355 e. The molecular formula is C34H35NO8. The molecule has 0 saturated heterocycles. The summed E-state index contributed by atoms with van der Waals surface area (Å²) in [4.78, 5) is 40.4. The Hall–Kier alpha value is -4.79. The zero-order valence-electron chi connectivity index (χ0n) is 24.9. The van der Waals surface area contributed by atoms with Gasteiger partial charge in [0.1, 0.15) is 11.4 Å². The third kappa shape index (κ3) is 6.07. The maximum atomic E-state index is 14.2. The fourth-order valence-electron chi connectivity index (χ4n) is 5.40. The van der Waals surface area contributed by atoms with Crippen LogP contribution in [0.25, 0.3) is 10.9 Å². The number of rotatable bonds is 11. The largest absolute Gasteiger partial charge is 0.494 e. The van der Waals surface area contributed by atoms with Crippen molar-refractivity contribution in [1.29, 1.82) is 0 Å². The minimum Gasteiger partial charge on any atom is -0.494 e. The van der Waals surface area contributed by atoms with Gasteiger partial charge in [-0.25, -0.2) is 9.59 Å². The molecule has 0 bridgehead atoms. The van der Waals surface area contributed by atoms with Crippen LogP contribution < -0.4 is 19.6 Å². The van der Waals surface area contributed by atoms with Crippen molar-refractivity contribution in [2.24, 2.45) is 0 Å². The van der Waals surface area contributed by atoms with Gasteiger partial charge >= 0.3 is 11.9 Å². The van der Waals surface area contributed by atoms with Crippen molar-refractivity contribution in [2.45, 2.75) is 47.1 Å². The summed E-state index contributed by atoms with van der Waals surface area (Å²) in [6.45, 7) is 8.62. The smallest absolute Gasteiger partial charge is 0.355 e. The molecular weight excluding hydrogens is 550 g/mol. The number of aryl methyl sites for hydroxylation is 1. The molecule has 0 spiro atoms. The monoisotopic (exact) mass is 585 g/mol. The molecule has 0 atom stereocenters. The first-order valence-corrected chi connectivity index (χ1v) is 14.5. The quantitative estimate of drug-likeness (QED) is 0.207. The highest BCUT2D eigenvalue weighted by molar-refractivity contribution is 5.94. The van der Waals surface area contributed by atoms with Crippen LogP contribution in [0.1, 0.15) is 70.8 Å². The van der Waals surface area contributed by atoms with Gasteiger partial charge in [-0.05, 0) is 86.3 Å². The molecule has 224 valence electrons. The molecule has 1 aliphatic heterocycles. The first-order chi connectivity index (χ1) is 20.9. The predicted molar refractivity (Wildman–Crippen MR) is 162 cm³/mol. The lowest BCUT2D eigenvalue weighted by Gasteiger charge is -2.21. The molecule has 5 rings (SSSR count). The highest BCUT2D eigenvalue weighted by atomic mass is 16.7. The van der Waals surface area contributed by atoms with Crippen molar-refractivity contribution in [3.05, 3.63) is 98.3 Å². The first-order valence-electron chi connectivity index (χ1n) is 14.5. The molecule has 3 aromatic carbocycles. The third-order valence-electron chi connectivity index (χ3n) is 7.34. The molecule has 0 amide bonds. The highest BCUT2D eigenvalue weighted by Gasteiger charge is 2.26. The molecule has 1 aliphatic rings. The van der Waals surface area contributed by atoms with Crippen molar-refractivity contribution in [3.63, 3.8) is 0 Å². The van der Waals surface area contributed by atoms with E-state index in [1.807, 2.05) is 36.6 Å². The van der Waals surface area contributed by atoms with Crippen molar-refractivity contribution in [3.8, 4) is 17.2 Å². The number of hydrogen-bond donors (Lipinski definition) is 0. The van der Waals surface area contributed by atoms with Crippen LogP contribution in [-0.4, -0.2) is 43.1 Å². The summed E-state index contributed by atoms with van der Waals surface area (Å²) in [6, 6.07) is 16.1. The number of carbonyl (C=O) groups is 2. The van der Waals surface area contributed by atoms with Crippen LogP contribution in [0.5, 0.6) is 17.2 Å². The number of hydrogen-bond acceptors (Lipinski definition) is 8. The van der Waals surface area contributed by atoms with E-state index in [4.69, 9.17) is 23.7 Å². The summed E-state index contributed by atoms with van der Waals surface area (Å²) in [7, 11) is 0. The average molecular weight is 586 g/mol. The number of pyridine rings is 1. The van der Waals surface area contributed by atoms with E-state index in [-0.39, 0.29) is 49.7 Å². The van der Waals surface area contributed by atoms with Gasteiger partial charge in [-0.2, -0.15) is 0 Å². The van der Waals surface area contributed by atoms with Crippen LogP contribution in [0, 0.1) is 0 Å². The van der Waals surface area contributed by atoms with E-state index in [1.165, 1.54) is 0 Å². The minimum atomic E-state index is -0.606. The third-order valence-corrected chi connectivity index (χ3v) is 7.34. The zero-order valence-corrected chi connectivity index (χ0v) is 24.9. The van der Waals surface area contributed by atoms with Crippen LogP contribution >= 0.6 is 0 Å². The Morgan fingerprint density at radius 2 is 1.56 bits per heavy atom. The topological polar surface area (TPSA) is 102 Å². The van der Waals surface area contributed by atoms with Gasteiger partial charge in [-0.3, -0.25) is 4.79 Å².